The molecule has 1 fully saturated rings. The van der Waals surface area contributed by atoms with E-state index in [1.165, 1.54) is 6.07 Å². The van der Waals surface area contributed by atoms with E-state index in [4.69, 9.17) is 9.57 Å². The highest BCUT2D eigenvalue weighted by Crippen LogP contribution is 2.46. The standard InChI is InChI=1S/C28H31F3N4O6S2/c1-27(2)15-22-23(24(36)33-27)42-26(35(22)41-25(37)28(29,30)31)34-10-11-40-16-20(34)13-17-6-4-7-18(12-17)32-19-8-5-9-21(14-19)43(3,38)39/h4-9,12,14,20,26,32H,10-11,13,15-16H2,1-3H3,(H,33,36). The van der Waals surface area contributed by atoms with Crippen LogP contribution in [0.2, 0.25) is 0 Å². The number of alkyl halides is 3. The van der Waals surface area contributed by atoms with E-state index >= 15 is 0 Å². The second kappa shape index (κ2) is 11.7. The number of carbonyl (C=O) groups is 2. The van der Waals surface area contributed by atoms with Gasteiger partial charge in [-0.3, -0.25) is 9.69 Å². The summed E-state index contributed by atoms with van der Waals surface area (Å²) in [5.41, 5.74) is 0.734. The maximum atomic E-state index is 13.3. The van der Waals surface area contributed by atoms with Gasteiger partial charge in [-0.15, -0.1) is 0 Å². The van der Waals surface area contributed by atoms with Crippen molar-refractivity contribution in [2.24, 2.45) is 0 Å². The van der Waals surface area contributed by atoms with Crippen LogP contribution in [0.1, 0.15) is 25.8 Å². The highest BCUT2D eigenvalue weighted by Gasteiger charge is 2.51. The fourth-order valence-corrected chi connectivity index (χ4v) is 7.23. The number of ether oxygens (including phenoxy) is 1. The van der Waals surface area contributed by atoms with Gasteiger partial charge in [0.25, 0.3) is 5.91 Å². The number of morpholine rings is 1. The third-order valence-corrected chi connectivity index (χ3v) is 9.58. The summed E-state index contributed by atoms with van der Waals surface area (Å²) in [5, 5.41) is 7.01. The fraction of sp³-hybridized carbons (Fsp3) is 0.429. The van der Waals surface area contributed by atoms with Crippen LogP contribution in [0.3, 0.4) is 0 Å². The molecular weight excluding hydrogens is 609 g/mol. The highest BCUT2D eigenvalue weighted by atomic mass is 32.2. The lowest BCUT2D eigenvalue weighted by Gasteiger charge is -2.42. The van der Waals surface area contributed by atoms with Crippen molar-refractivity contribution in [3.05, 3.63) is 64.7 Å². The lowest BCUT2D eigenvalue weighted by molar-refractivity contribution is -0.243. The Labute approximate surface area is 251 Å². The molecule has 10 nitrogen and oxygen atoms in total. The van der Waals surface area contributed by atoms with Crippen LogP contribution in [-0.4, -0.2) is 79.5 Å². The number of nitrogens with zero attached hydrogens (tertiary/aromatic N) is 2. The molecule has 0 spiro atoms. The Morgan fingerprint density at radius 3 is 2.58 bits per heavy atom. The number of rotatable bonds is 7. The first-order valence-corrected chi connectivity index (χ1v) is 16.2. The van der Waals surface area contributed by atoms with Gasteiger partial charge in [-0.25, -0.2) is 13.2 Å². The van der Waals surface area contributed by atoms with E-state index in [9.17, 15) is 31.2 Å². The smallest absolute Gasteiger partial charge is 0.378 e. The van der Waals surface area contributed by atoms with Crippen molar-refractivity contribution in [1.29, 1.82) is 0 Å². The van der Waals surface area contributed by atoms with E-state index < -0.39 is 38.9 Å². The zero-order valence-electron chi connectivity index (χ0n) is 23.6. The minimum Gasteiger partial charge on any atom is -0.378 e. The Morgan fingerprint density at radius 1 is 1.19 bits per heavy atom. The molecule has 0 bridgehead atoms. The molecule has 3 heterocycles. The van der Waals surface area contributed by atoms with Crippen molar-refractivity contribution in [2.45, 2.75) is 54.8 Å². The summed E-state index contributed by atoms with van der Waals surface area (Å²) in [6, 6.07) is 13.6. The quantitative estimate of drug-likeness (QED) is 0.461. The second-order valence-electron chi connectivity index (χ2n) is 11.2. The van der Waals surface area contributed by atoms with Crippen LogP contribution >= 0.6 is 11.8 Å². The largest absolute Gasteiger partial charge is 0.493 e. The number of carbonyl (C=O) groups excluding carboxylic acids is 2. The predicted molar refractivity (Wildman–Crippen MR) is 154 cm³/mol. The molecule has 5 rings (SSSR count). The molecule has 43 heavy (non-hydrogen) atoms. The number of nitrogens with one attached hydrogen (secondary N) is 2. The lowest BCUT2D eigenvalue weighted by atomic mass is 9.94. The van der Waals surface area contributed by atoms with Crippen LogP contribution in [0.5, 0.6) is 0 Å². The molecule has 2 unspecified atom stereocenters. The number of anilines is 2. The summed E-state index contributed by atoms with van der Waals surface area (Å²) in [7, 11) is -3.39. The number of hydrogen-bond acceptors (Lipinski definition) is 10. The minimum absolute atomic E-state index is 0.173. The van der Waals surface area contributed by atoms with Crippen molar-refractivity contribution >= 4 is 44.9 Å². The Kier molecular flexibility index (Phi) is 8.46. The van der Waals surface area contributed by atoms with Crippen molar-refractivity contribution in [1.82, 2.24) is 15.3 Å². The first-order chi connectivity index (χ1) is 20.1. The molecular formula is C28H31F3N4O6S2. The minimum atomic E-state index is -5.22. The van der Waals surface area contributed by atoms with Gasteiger partial charge in [0.05, 0.1) is 28.7 Å². The number of benzene rings is 2. The summed E-state index contributed by atoms with van der Waals surface area (Å²) in [6.07, 6.45) is -3.48. The molecule has 232 valence electrons. The molecule has 0 aromatic heterocycles. The number of hydrogen-bond donors (Lipinski definition) is 2. The average Bonchev–Trinajstić information content (AvgIpc) is 3.25. The Bertz CT molecular complexity index is 1560. The summed E-state index contributed by atoms with van der Waals surface area (Å²) in [5.74, 6) is -2.80. The molecule has 15 heteroatoms. The second-order valence-corrected chi connectivity index (χ2v) is 14.3. The number of amides is 1. The maximum Gasteiger partial charge on any atom is 0.493 e. The molecule has 0 aliphatic carbocycles. The first-order valence-electron chi connectivity index (χ1n) is 13.4. The SMILES string of the molecule is CC1(C)CC2=C(SC(N3CCOCC3Cc3cccc(Nc4cccc(S(C)(=O)=O)c4)c3)N2OC(=O)C(F)(F)F)C(=O)N1. The van der Waals surface area contributed by atoms with Crippen LogP contribution in [0.25, 0.3) is 0 Å². The predicted octanol–water partition coefficient (Wildman–Crippen LogP) is 3.94. The first kappa shape index (κ1) is 31.2. The molecule has 3 aliphatic rings. The molecule has 1 amide bonds. The van der Waals surface area contributed by atoms with Gasteiger partial charge in [0.1, 0.15) is 0 Å². The summed E-state index contributed by atoms with van der Waals surface area (Å²) >= 11 is 1.05. The van der Waals surface area contributed by atoms with E-state index in [1.807, 2.05) is 29.2 Å². The van der Waals surface area contributed by atoms with Gasteiger partial charge < -0.3 is 20.2 Å². The van der Waals surface area contributed by atoms with Crippen LogP contribution in [0, 0.1) is 0 Å². The normalized spacial score (nSPS) is 22.7. The highest BCUT2D eigenvalue weighted by molar-refractivity contribution is 8.04. The number of sulfone groups is 1. The van der Waals surface area contributed by atoms with Crippen LogP contribution < -0.4 is 10.6 Å². The van der Waals surface area contributed by atoms with Crippen molar-refractivity contribution in [2.75, 3.05) is 31.3 Å². The Hall–Kier alpha value is -3.27. The molecule has 2 N–H and O–H groups in total. The lowest BCUT2D eigenvalue weighted by Crippen LogP contribution is -2.56. The zero-order valence-corrected chi connectivity index (χ0v) is 25.2. The van der Waals surface area contributed by atoms with Gasteiger partial charge in [-0.2, -0.15) is 18.2 Å². The number of halogens is 3. The maximum absolute atomic E-state index is 13.3. The molecule has 0 radical (unpaired) electrons. The third-order valence-electron chi connectivity index (χ3n) is 7.14. The van der Waals surface area contributed by atoms with Crippen LogP contribution in [0.4, 0.5) is 24.5 Å². The number of hydroxylamine groups is 2. The Morgan fingerprint density at radius 2 is 1.88 bits per heavy atom. The van der Waals surface area contributed by atoms with E-state index in [0.29, 0.717) is 30.9 Å². The van der Waals surface area contributed by atoms with Gasteiger partial charge in [0, 0.05) is 42.2 Å². The molecule has 1 saturated heterocycles. The number of thioether (sulfide) groups is 1. The molecule has 2 atom stereocenters. The van der Waals surface area contributed by atoms with Crippen LogP contribution in [-0.2, 0) is 35.4 Å². The van der Waals surface area contributed by atoms with Crippen molar-refractivity contribution in [3.8, 4) is 0 Å². The van der Waals surface area contributed by atoms with Crippen molar-refractivity contribution < 1.29 is 40.8 Å². The summed E-state index contributed by atoms with van der Waals surface area (Å²) in [4.78, 5) is 32.2. The fourth-order valence-electron chi connectivity index (χ4n) is 5.22. The summed E-state index contributed by atoms with van der Waals surface area (Å²) in [6.45, 7) is 4.37. The van der Waals surface area contributed by atoms with Gasteiger partial charge in [-0.1, -0.05) is 30.0 Å². The topological polar surface area (TPSA) is 117 Å². The molecule has 2 aromatic rings. The van der Waals surface area contributed by atoms with Gasteiger partial charge in [0.15, 0.2) is 15.3 Å². The van der Waals surface area contributed by atoms with Gasteiger partial charge >= 0.3 is 12.1 Å². The van der Waals surface area contributed by atoms with E-state index in [0.717, 1.165) is 28.6 Å². The molecule has 2 aromatic carbocycles. The monoisotopic (exact) mass is 640 g/mol. The Balaban J connectivity index is 1.38. The molecule has 3 aliphatic heterocycles. The van der Waals surface area contributed by atoms with E-state index in [1.54, 1.807) is 32.0 Å². The van der Waals surface area contributed by atoms with Crippen LogP contribution in [0.15, 0.2) is 64.0 Å². The van der Waals surface area contributed by atoms with Crippen molar-refractivity contribution in [3.63, 3.8) is 0 Å². The third kappa shape index (κ3) is 7.11. The van der Waals surface area contributed by atoms with Gasteiger partial charge in [-0.05, 0) is 56.2 Å². The summed E-state index contributed by atoms with van der Waals surface area (Å²) < 4.78 is 69.5. The average molecular weight is 641 g/mol. The zero-order chi connectivity index (χ0) is 31.2. The van der Waals surface area contributed by atoms with E-state index in [2.05, 4.69) is 10.6 Å². The molecule has 0 saturated carbocycles. The van der Waals surface area contributed by atoms with E-state index in [-0.39, 0.29) is 34.6 Å². The van der Waals surface area contributed by atoms with Gasteiger partial charge in [0.2, 0.25) is 0 Å².